The number of nitrogens with two attached hydrogens (primary N) is 1. The molecular formula is C10H15N3O2. The van der Waals surface area contributed by atoms with Crippen molar-refractivity contribution in [3.8, 4) is 0 Å². The fourth-order valence-electron chi connectivity index (χ4n) is 1.34. The molecule has 0 spiro atoms. The van der Waals surface area contributed by atoms with Crippen LogP contribution in [-0.4, -0.2) is 18.0 Å². The van der Waals surface area contributed by atoms with Crippen LogP contribution in [0.3, 0.4) is 0 Å². The molecular weight excluding hydrogens is 194 g/mol. The van der Waals surface area contributed by atoms with E-state index in [1.54, 1.807) is 13.0 Å². The Balaban J connectivity index is 2.80. The molecule has 0 aliphatic rings. The van der Waals surface area contributed by atoms with Crippen molar-refractivity contribution in [1.29, 1.82) is 0 Å². The molecule has 5 heteroatoms. The zero-order valence-electron chi connectivity index (χ0n) is 8.69. The summed E-state index contributed by atoms with van der Waals surface area (Å²) in [5.74, 6) is 0. The van der Waals surface area contributed by atoms with E-state index in [-0.39, 0.29) is 10.6 Å². The average Bonchev–Trinajstić information content (AvgIpc) is 2.20. The molecule has 0 bridgehead atoms. The molecule has 0 atom stereocenters. The molecule has 0 saturated heterocycles. The van der Waals surface area contributed by atoms with E-state index in [0.29, 0.717) is 12.1 Å². The topological polar surface area (TPSA) is 81.2 Å². The van der Waals surface area contributed by atoms with E-state index in [9.17, 15) is 10.1 Å². The third kappa shape index (κ3) is 2.92. The quantitative estimate of drug-likeness (QED) is 0.439. The highest BCUT2D eigenvalue weighted by atomic mass is 16.6. The number of hydrogen-bond acceptors (Lipinski definition) is 4. The van der Waals surface area contributed by atoms with E-state index < -0.39 is 0 Å². The van der Waals surface area contributed by atoms with Gasteiger partial charge in [-0.3, -0.25) is 10.1 Å². The Morgan fingerprint density at radius 3 is 2.87 bits per heavy atom. The first-order valence-electron chi connectivity index (χ1n) is 4.84. The molecule has 5 nitrogen and oxygen atoms in total. The third-order valence-electron chi connectivity index (χ3n) is 2.20. The van der Waals surface area contributed by atoms with Gasteiger partial charge in [-0.2, -0.15) is 0 Å². The van der Waals surface area contributed by atoms with Crippen LogP contribution >= 0.6 is 0 Å². The Morgan fingerprint density at radius 2 is 2.27 bits per heavy atom. The number of nitrogens with one attached hydrogen (secondary N) is 1. The highest BCUT2D eigenvalue weighted by Crippen LogP contribution is 2.24. The summed E-state index contributed by atoms with van der Waals surface area (Å²) in [4.78, 5) is 10.3. The van der Waals surface area contributed by atoms with Crippen molar-refractivity contribution >= 4 is 11.4 Å². The lowest BCUT2D eigenvalue weighted by Crippen LogP contribution is -2.09. The van der Waals surface area contributed by atoms with Gasteiger partial charge < -0.3 is 11.1 Å². The normalized spacial score (nSPS) is 10.0. The Kier molecular flexibility index (Phi) is 4.05. The van der Waals surface area contributed by atoms with E-state index in [1.807, 2.05) is 6.07 Å². The molecule has 0 radical (unpaired) electrons. The standard InChI is InChI=1S/C10H15N3O2/c1-8-9(12-7-3-6-11)4-2-5-10(8)13(14)15/h2,4-5,12H,3,6-7,11H2,1H3. The minimum Gasteiger partial charge on any atom is -0.385 e. The van der Waals surface area contributed by atoms with Crippen molar-refractivity contribution in [3.63, 3.8) is 0 Å². The van der Waals surface area contributed by atoms with Crippen LogP contribution in [0.4, 0.5) is 11.4 Å². The Morgan fingerprint density at radius 1 is 1.53 bits per heavy atom. The molecule has 1 aromatic carbocycles. The van der Waals surface area contributed by atoms with Gasteiger partial charge in [0.15, 0.2) is 0 Å². The third-order valence-corrected chi connectivity index (χ3v) is 2.20. The van der Waals surface area contributed by atoms with Crippen molar-refractivity contribution in [1.82, 2.24) is 0 Å². The van der Waals surface area contributed by atoms with E-state index >= 15 is 0 Å². The van der Waals surface area contributed by atoms with Crippen LogP contribution in [-0.2, 0) is 0 Å². The molecule has 1 rings (SSSR count). The Bertz CT molecular complexity index is 353. The van der Waals surface area contributed by atoms with Gasteiger partial charge in [-0.25, -0.2) is 0 Å². The van der Waals surface area contributed by atoms with Crippen LogP contribution in [0, 0.1) is 17.0 Å². The minimum absolute atomic E-state index is 0.146. The molecule has 0 saturated carbocycles. The average molecular weight is 209 g/mol. The van der Waals surface area contributed by atoms with Gasteiger partial charge in [0.2, 0.25) is 0 Å². The van der Waals surface area contributed by atoms with Crippen LogP contribution in [0.15, 0.2) is 18.2 Å². The Labute approximate surface area is 88.4 Å². The number of hydrogen-bond donors (Lipinski definition) is 2. The lowest BCUT2D eigenvalue weighted by Gasteiger charge is -2.08. The first-order valence-corrected chi connectivity index (χ1v) is 4.84. The number of anilines is 1. The monoisotopic (exact) mass is 209 g/mol. The second-order valence-corrected chi connectivity index (χ2v) is 3.28. The molecule has 0 unspecified atom stereocenters. The van der Waals surface area contributed by atoms with Crippen molar-refractivity contribution in [2.75, 3.05) is 18.4 Å². The number of nitrogens with zero attached hydrogens (tertiary/aromatic N) is 1. The van der Waals surface area contributed by atoms with Gasteiger partial charge in [0.1, 0.15) is 0 Å². The maximum Gasteiger partial charge on any atom is 0.274 e. The first-order chi connectivity index (χ1) is 7.16. The summed E-state index contributed by atoms with van der Waals surface area (Å²) >= 11 is 0. The molecule has 3 N–H and O–H groups in total. The Hall–Kier alpha value is -1.62. The predicted molar refractivity (Wildman–Crippen MR) is 60.0 cm³/mol. The van der Waals surface area contributed by atoms with Crippen LogP contribution in [0.2, 0.25) is 0 Å². The van der Waals surface area contributed by atoms with Gasteiger partial charge in [-0.15, -0.1) is 0 Å². The second kappa shape index (κ2) is 5.31. The van der Waals surface area contributed by atoms with E-state index in [1.165, 1.54) is 6.07 Å². The molecule has 0 heterocycles. The maximum atomic E-state index is 10.7. The second-order valence-electron chi connectivity index (χ2n) is 3.28. The van der Waals surface area contributed by atoms with Gasteiger partial charge in [0.05, 0.1) is 4.92 Å². The number of rotatable bonds is 5. The smallest absolute Gasteiger partial charge is 0.274 e. The van der Waals surface area contributed by atoms with E-state index in [2.05, 4.69) is 5.32 Å². The largest absolute Gasteiger partial charge is 0.385 e. The molecule has 0 aliphatic carbocycles. The summed E-state index contributed by atoms with van der Waals surface area (Å²) in [5.41, 5.74) is 6.98. The first kappa shape index (κ1) is 11.5. The lowest BCUT2D eigenvalue weighted by molar-refractivity contribution is -0.385. The molecule has 0 amide bonds. The molecule has 0 aromatic heterocycles. The number of nitro groups is 1. The van der Waals surface area contributed by atoms with Crippen LogP contribution in [0.25, 0.3) is 0 Å². The number of nitro benzene ring substituents is 1. The lowest BCUT2D eigenvalue weighted by atomic mass is 10.1. The van der Waals surface area contributed by atoms with Crippen molar-refractivity contribution in [2.24, 2.45) is 5.73 Å². The van der Waals surface area contributed by atoms with Gasteiger partial charge >= 0.3 is 0 Å². The van der Waals surface area contributed by atoms with E-state index in [4.69, 9.17) is 5.73 Å². The molecule has 1 aromatic rings. The summed E-state index contributed by atoms with van der Waals surface area (Å²) in [7, 11) is 0. The molecule has 15 heavy (non-hydrogen) atoms. The summed E-state index contributed by atoms with van der Waals surface area (Å²) in [6, 6.07) is 5.01. The van der Waals surface area contributed by atoms with Gasteiger partial charge in [0, 0.05) is 23.9 Å². The number of benzene rings is 1. The van der Waals surface area contributed by atoms with Crippen molar-refractivity contribution in [2.45, 2.75) is 13.3 Å². The summed E-state index contributed by atoms with van der Waals surface area (Å²) in [5, 5.41) is 13.8. The minimum atomic E-state index is -0.372. The maximum absolute atomic E-state index is 10.7. The van der Waals surface area contributed by atoms with Gasteiger partial charge in [0.25, 0.3) is 5.69 Å². The highest BCUT2D eigenvalue weighted by Gasteiger charge is 2.12. The van der Waals surface area contributed by atoms with Gasteiger partial charge in [-0.05, 0) is 26.0 Å². The van der Waals surface area contributed by atoms with Crippen LogP contribution < -0.4 is 11.1 Å². The summed E-state index contributed by atoms with van der Waals surface area (Å²) in [6.07, 6.45) is 0.849. The zero-order chi connectivity index (χ0) is 11.3. The highest BCUT2D eigenvalue weighted by molar-refractivity contribution is 5.59. The van der Waals surface area contributed by atoms with Gasteiger partial charge in [-0.1, -0.05) is 6.07 Å². The molecule has 0 aliphatic heterocycles. The van der Waals surface area contributed by atoms with Crippen molar-refractivity contribution in [3.05, 3.63) is 33.9 Å². The van der Waals surface area contributed by atoms with Crippen LogP contribution in [0.1, 0.15) is 12.0 Å². The predicted octanol–water partition coefficient (Wildman–Crippen LogP) is 1.66. The SMILES string of the molecule is Cc1c(NCCCN)cccc1[N+](=O)[O-]. The van der Waals surface area contributed by atoms with Crippen LogP contribution in [0.5, 0.6) is 0 Å². The summed E-state index contributed by atoms with van der Waals surface area (Å²) in [6.45, 7) is 3.09. The van der Waals surface area contributed by atoms with Crippen molar-refractivity contribution < 1.29 is 4.92 Å². The summed E-state index contributed by atoms with van der Waals surface area (Å²) < 4.78 is 0. The fourth-order valence-corrected chi connectivity index (χ4v) is 1.34. The molecule has 82 valence electrons. The fraction of sp³-hybridized carbons (Fsp3) is 0.400. The zero-order valence-corrected chi connectivity index (χ0v) is 8.69. The molecule has 0 fully saturated rings. The van der Waals surface area contributed by atoms with E-state index in [0.717, 1.165) is 18.7 Å².